The van der Waals surface area contributed by atoms with Gasteiger partial charge in [0.25, 0.3) is 0 Å². The number of nitrogens with zero attached hydrogens (tertiary/aromatic N) is 5. The van der Waals surface area contributed by atoms with Gasteiger partial charge in [-0.3, -0.25) is 4.79 Å². The molecule has 0 saturated carbocycles. The van der Waals surface area contributed by atoms with Crippen LogP contribution in [0.5, 0.6) is 0 Å². The smallest absolute Gasteiger partial charge is 0.321 e. The predicted molar refractivity (Wildman–Crippen MR) is 152 cm³/mol. The molecule has 0 radical (unpaired) electrons. The lowest BCUT2D eigenvalue weighted by Gasteiger charge is -2.35. The van der Waals surface area contributed by atoms with Crippen molar-refractivity contribution in [2.75, 3.05) is 59.7 Å². The Kier molecular flexibility index (Phi) is 7.72. The number of carbonyl (C=O) groups is 2. The van der Waals surface area contributed by atoms with Gasteiger partial charge >= 0.3 is 6.03 Å². The fourth-order valence-electron chi connectivity index (χ4n) is 4.87. The fraction of sp³-hybridized carbons (Fsp3) is 0.379. The van der Waals surface area contributed by atoms with Gasteiger partial charge in [0.1, 0.15) is 5.82 Å². The first-order chi connectivity index (χ1) is 18.4. The Morgan fingerprint density at radius 1 is 0.816 bits per heavy atom. The van der Waals surface area contributed by atoms with Gasteiger partial charge in [-0.1, -0.05) is 6.92 Å². The lowest BCUT2D eigenvalue weighted by molar-refractivity contribution is 0.101. The van der Waals surface area contributed by atoms with Gasteiger partial charge in [0.15, 0.2) is 5.78 Å². The minimum absolute atomic E-state index is 0.00237. The summed E-state index contributed by atoms with van der Waals surface area (Å²) in [5, 5.41) is 6.24. The summed E-state index contributed by atoms with van der Waals surface area (Å²) < 4.78 is 0. The number of ketones is 1. The maximum absolute atomic E-state index is 12.7. The lowest BCUT2D eigenvalue weighted by Crippen LogP contribution is -2.50. The van der Waals surface area contributed by atoms with E-state index in [2.05, 4.69) is 56.6 Å². The summed E-state index contributed by atoms with van der Waals surface area (Å²) in [6.45, 7) is 8.60. The third-order valence-electron chi connectivity index (χ3n) is 7.35. The van der Waals surface area contributed by atoms with Crippen molar-refractivity contribution >= 4 is 40.6 Å². The Morgan fingerprint density at radius 3 is 2.13 bits per heavy atom. The number of hydrogen-bond acceptors (Lipinski definition) is 7. The molecular formula is C29H35N7O2. The number of piperazine rings is 1. The van der Waals surface area contributed by atoms with Crippen LogP contribution in [0.3, 0.4) is 0 Å². The molecule has 5 rings (SSSR count). The highest BCUT2D eigenvalue weighted by Crippen LogP contribution is 2.25. The van der Waals surface area contributed by atoms with E-state index < -0.39 is 0 Å². The van der Waals surface area contributed by atoms with Crippen molar-refractivity contribution in [3.63, 3.8) is 0 Å². The molecule has 0 spiro atoms. The maximum Gasteiger partial charge on any atom is 0.321 e. The summed E-state index contributed by atoms with van der Waals surface area (Å²) in [6.07, 6.45) is 4.25. The van der Waals surface area contributed by atoms with E-state index in [0.717, 1.165) is 30.5 Å². The van der Waals surface area contributed by atoms with Gasteiger partial charge in [-0.15, -0.1) is 0 Å². The van der Waals surface area contributed by atoms with Gasteiger partial charge in [0.2, 0.25) is 5.95 Å². The molecule has 2 aliphatic rings. The Bertz CT molecular complexity index is 1250. The second-order valence-corrected chi connectivity index (χ2v) is 10.1. The molecule has 0 unspecified atom stereocenters. The summed E-state index contributed by atoms with van der Waals surface area (Å²) in [6, 6.07) is 17.2. The van der Waals surface area contributed by atoms with Crippen LogP contribution < -0.4 is 20.4 Å². The summed E-state index contributed by atoms with van der Waals surface area (Å²) in [4.78, 5) is 39.7. The van der Waals surface area contributed by atoms with Crippen LogP contribution in [-0.2, 0) is 0 Å². The SMILES string of the molecule is CC(=O)c1ccc(NC(=O)N2CCN(c3ccnc(Nc4ccc(N5CCC(C)CC5)cc4)n3)CC2)cc1. The Labute approximate surface area is 223 Å². The third kappa shape index (κ3) is 6.22. The van der Waals surface area contributed by atoms with Crippen LogP contribution >= 0.6 is 0 Å². The van der Waals surface area contributed by atoms with Gasteiger partial charge < -0.3 is 25.3 Å². The van der Waals surface area contributed by atoms with Crippen LogP contribution in [0.4, 0.5) is 33.6 Å². The summed E-state index contributed by atoms with van der Waals surface area (Å²) in [7, 11) is 0. The predicted octanol–water partition coefficient (Wildman–Crippen LogP) is 5.01. The summed E-state index contributed by atoms with van der Waals surface area (Å²) in [5.41, 5.74) is 3.51. The lowest BCUT2D eigenvalue weighted by atomic mass is 9.99. The summed E-state index contributed by atoms with van der Waals surface area (Å²) >= 11 is 0. The number of anilines is 5. The number of nitrogens with one attached hydrogen (secondary N) is 2. The number of hydrogen-bond donors (Lipinski definition) is 2. The van der Waals surface area contributed by atoms with Gasteiger partial charge in [0, 0.05) is 68.1 Å². The first-order valence-corrected chi connectivity index (χ1v) is 13.3. The van der Waals surface area contributed by atoms with Gasteiger partial charge in [0.05, 0.1) is 0 Å². The highest BCUT2D eigenvalue weighted by atomic mass is 16.2. The number of piperidine rings is 1. The second-order valence-electron chi connectivity index (χ2n) is 10.1. The standard InChI is InChI=1S/C29H35N7O2/c1-21-12-15-34(16-13-21)26-9-7-24(8-10-26)31-28-30-14-11-27(33-28)35-17-19-36(20-18-35)29(38)32-25-5-3-23(4-6-25)22(2)37/h3-11,14,21H,12-13,15-20H2,1-2H3,(H,32,38)(H,30,31,33). The highest BCUT2D eigenvalue weighted by molar-refractivity contribution is 5.95. The molecular weight excluding hydrogens is 478 g/mol. The topological polar surface area (TPSA) is 93.7 Å². The maximum atomic E-state index is 12.7. The zero-order valence-corrected chi connectivity index (χ0v) is 22.1. The van der Waals surface area contributed by atoms with E-state index in [1.54, 1.807) is 35.4 Å². The molecule has 38 heavy (non-hydrogen) atoms. The zero-order valence-electron chi connectivity index (χ0n) is 22.1. The van der Waals surface area contributed by atoms with Crippen molar-refractivity contribution in [3.05, 3.63) is 66.4 Å². The number of amides is 2. The molecule has 3 heterocycles. The monoisotopic (exact) mass is 513 g/mol. The first kappa shape index (κ1) is 25.5. The van der Waals surface area contributed by atoms with E-state index in [4.69, 9.17) is 4.98 Å². The van der Waals surface area contributed by atoms with Gasteiger partial charge in [-0.05, 0) is 80.3 Å². The molecule has 2 aromatic carbocycles. The molecule has 2 saturated heterocycles. The van der Waals surface area contributed by atoms with Crippen LogP contribution in [0.1, 0.15) is 37.0 Å². The number of benzene rings is 2. The molecule has 2 fully saturated rings. The molecule has 9 nitrogen and oxygen atoms in total. The number of urea groups is 1. The van der Waals surface area contributed by atoms with Crippen molar-refractivity contribution in [2.45, 2.75) is 26.7 Å². The molecule has 2 aliphatic heterocycles. The Morgan fingerprint density at radius 2 is 1.47 bits per heavy atom. The number of carbonyl (C=O) groups excluding carboxylic acids is 2. The Hall–Kier alpha value is -4.14. The van der Waals surface area contributed by atoms with Gasteiger partial charge in [-0.2, -0.15) is 4.98 Å². The minimum Gasteiger partial charge on any atom is -0.372 e. The molecule has 9 heteroatoms. The molecule has 0 atom stereocenters. The quantitative estimate of drug-likeness (QED) is 0.448. The molecule has 3 aromatic rings. The van der Waals surface area contributed by atoms with E-state index in [0.29, 0.717) is 43.4 Å². The molecule has 2 N–H and O–H groups in total. The number of aromatic nitrogens is 2. The van der Waals surface area contributed by atoms with Crippen LogP contribution in [0.25, 0.3) is 0 Å². The van der Waals surface area contributed by atoms with Crippen LogP contribution in [0.15, 0.2) is 60.8 Å². The molecule has 198 valence electrons. The minimum atomic E-state index is -0.146. The largest absolute Gasteiger partial charge is 0.372 e. The second kappa shape index (κ2) is 11.5. The van der Waals surface area contributed by atoms with Crippen LogP contribution in [0, 0.1) is 5.92 Å². The van der Waals surface area contributed by atoms with Crippen LogP contribution in [0.2, 0.25) is 0 Å². The molecule has 0 aliphatic carbocycles. The fourth-order valence-corrected chi connectivity index (χ4v) is 4.87. The summed E-state index contributed by atoms with van der Waals surface area (Å²) in [5.74, 6) is 2.20. The van der Waals surface area contributed by atoms with E-state index in [1.165, 1.54) is 25.5 Å². The molecule has 1 aromatic heterocycles. The Balaban J connectivity index is 1.13. The van der Waals surface area contributed by atoms with E-state index in [9.17, 15) is 9.59 Å². The van der Waals surface area contributed by atoms with Crippen molar-refractivity contribution in [1.29, 1.82) is 0 Å². The molecule has 2 amide bonds. The van der Waals surface area contributed by atoms with Crippen molar-refractivity contribution in [3.8, 4) is 0 Å². The van der Waals surface area contributed by atoms with E-state index in [-0.39, 0.29) is 11.8 Å². The normalized spacial score (nSPS) is 16.3. The van der Waals surface area contributed by atoms with E-state index >= 15 is 0 Å². The van der Waals surface area contributed by atoms with E-state index in [1.807, 2.05) is 6.07 Å². The average Bonchev–Trinajstić information content (AvgIpc) is 2.94. The van der Waals surface area contributed by atoms with Crippen molar-refractivity contribution in [2.24, 2.45) is 5.92 Å². The average molecular weight is 514 g/mol. The van der Waals surface area contributed by atoms with Crippen LogP contribution in [-0.4, -0.2) is 66.0 Å². The van der Waals surface area contributed by atoms with Crippen molar-refractivity contribution < 1.29 is 9.59 Å². The molecule has 0 bridgehead atoms. The number of Topliss-reactive ketones (excluding diaryl/α,β-unsaturated/α-hetero) is 1. The number of rotatable bonds is 6. The highest BCUT2D eigenvalue weighted by Gasteiger charge is 2.22. The first-order valence-electron chi connectivity index (χ1n) is 13.3. The van der Waals surface area contributed by atoms with Crippen molar-refractivity contribution in [1.82, 2.24) is 14.9 Å². The zero-order chi connectivity index (χ0) is 26.5. The van der Waals surface area contributed by atoms with Gasteiger partial charge in [-0.25, -0.2) is 9.78 Å². The third-order valence-corrected chi connectivity index (χ3v) is 7.35.